The van der Waals surface area contributed by atoms with Gasteiger partial charge in [-0.05, 0) is 49.6 Å². The fraction of sp³-hybridized carbons (Fsp3) is 0.375. The second-order valence-electron chi connectivity index (χ2n) is 8.12. The molecule has 1 aliphatic heterocycles. The molecule has 1 fully saturated rings. The van der Waals surface area contributed by atoms with Gasteiger partial charge in [-0.15, -0.1) is 0 Å². The van der Waals surface area contributed by atoms with Crippen LogP contribution in [0.4, 0.5) is 5.69 Å². The Bertz CT molecular complexity index is 1220. The lowest BCUT2D eigenvalue weighted by Crippen LogP contribution is -2.49. The number of piperazine rings is 1. The van der Waals surface area contributed by atoms with E-state index in [-0.39, 0.29) is 18.0 Å². The average Bonchev–Trinajstić information content (AvgIpc) is 2.78. The number of anilines is 1. The number of nitrogens with zero attached hydrogens (tertiary/aromatic N) is 3. The van der Waals surface area contributed by atoms with Gasteiger partial charge in [0.25, 0.3) is 5.56 Å². The van der Waals surface area contributed by atoms with E-state index in [4.69, 9.17) is 0 Å². The van der Waals surface area contributed by atoms with E-state index in [1.165, 1.54) is 21.4 Å². The fourth-order valence-corrected chi connectivity index (χ4v) is 4.22. The van der Waals surface area contributed by atoms with E-state index in [0.29, 0.717) is 36.8 Å². The molecule has 7 heteroatoms. The highest BCUT2D eigenvalue weighted by atomic mass is 16.2. The van der Waals surface area contributed by atoms with Crippen LogP contribution in [0.5, 0.6) is 0 Å². The molecule has 3 aromatic rings. The number of aromatic amines is 1. The van der Waals surface area contributed by atoms with Gasteiger partial charge in [0, 0.05) is 44.8 Å². The SMILES string of the molecule is Cc1cccc(N2CCN(C(=O)CCCn3c(=O)[nH]c4ccccc4c3=O)CC2)c1C. The Morgan fingerprint density at radius 2 is 1.71 bits per heavy atom. The van der Waals surface area contributed by atoms with Gasteiger partial charge < -0.3 is 14.8 Å². The van der Waals surface area contributed by atoms with Crippen LogP contribution in [-0.4, -0.2) is 46.5 Å². The zero-order chi connectivity index (χ0) is 22.0. The molecular formula is C24H28N4O3. The maximum Gasteiger partial charge on any atom is 0.328 e. The molecule has 1 aromatic heterocycles. The molecule has 0 radical (unpaired) electrons. The van der Waals surface area contributed by atoms with Crippen LogP contribution in [0.1, 0.15) is 24.0 Å². The molecule has 7 nitrogen and oxygen atoms in total. The lowest BCUT2D eigenvalue weighted by atomic mass is 10.1. The predicted molar refractivity (Wildman–Crippen MR) is 123 cm³/mol. The molecule has 1 aliphatic rings. The highest BCUT2D eigenvalue weighted by Crippen LogP contribution is 2.24. The number of rotatable bonds is 5. The number of fused-ring (bicyclic) bond motifs is 1. The first-order chi connectivity index (χ1) is 15.0. The third-order valence-electron chi connectivity index (χ3n) is 6.21. The van der Waals surface area contributed by atoms with Crippen molar-refractivity contribution in [3.8, 4) is 0 Å². The summed E-state index contributed by atoms with van der Waals surface area (Å²) >= 11 is 0. The van der Waals surface area contributed by atoms with Crippen molar-refractivity contribution in [3.63, 3.8) is 0 Å². The van der Waals surface area contributed by atoms with Crippen LogP contribution >= 0.6 is 0 Å². The molecule has 1 amide bonds. The van der Waals surface area contributed by atoms with Crippen molar-refractivity contribution >= 4 is 22.5 Å². The number of benzene rings is 2. The highest BCUT2D eigenvalue weighted by molar-refractivity contribution is 5.77. The number of hydrogen-bond acceptors (Lipinski definition) is 4. The van der Waals surface area contributed by atoms with Crippen molar-refractivity contribution in [1.82, 2.24) is 14.5 Å². The van der Waals surface area contributed by atoms with E-state index in [9.17, 15) is 14.4 Å². The number of hydrogen-bond donors (Lipinski definition) is 1. The molecule has 2 heterocycles. The van der Waals surface area contributed by atoms with Crippen molar-refractivity contribution < 1.29 is 4.79 Å². The van der Waals surface area contributed by atoms with Crippen LogP contribution in [0.25, 0.3) is 10.9 Å². The second kappa shape index (κ2) is 8.79. The van der Waals surface area contributed by atoms with Gasteiger partial charge >= 0.3 is 5.69 Å². The highest BCUT2D eigenvalue weighted by Gasteiger charge is 2.22. The minimum atomic E-state index is -0.432. The second-order valence-corrected chi connectivity index (χ2v) is 8.12. The van der Waals surface area contributed by atoms with Gasteiger partial charge in [-0.1, -0.05) is 24.3 Å². The fourth-order valence-electron chi connectivity index (χ4n) is 4.22. The van der Waals surface area contributed by atoms with E-state index >= 15 is 0 Å². The van der Waals surface area contributed by atoms with Gasteiger partial charge in [-0.3, -0.25) is 14.2 Å². The number of H-pyrrole nitrogens is 1. The van der Waals surface area contributed by atoms with Crippen molar-refractivity contribution in [1.29, 1.82) is 0 Å². The van der Waals surface area contributed by atoms with Gasteiger partial charge in [-0.25, -0.2) is 4.79 Å². The Kier molecular flexibility index (Phi) is 5.93. The van der Waals surface area contributed by atoms with Crippen molar-refractivity contribution in [2.24, 2.45) is 0 Å². The van der Waals surface area contributed by atoms with Gasteiger partial charge in [0.2, 0.25) is 5.91 Å². The summed E-state index contributed by atoms with van der Waals surface area (Å²) in [5.41, 5.74) is 3.59. The van der Waals surface area contributed by atoms with Crippen molar-refractivity contribution in [2.45, 2.75) is 33.2 Å². The van der Waals surface area contributed by atoms with Crippen LogP contribution in [0.3, 0.4) is 0 Å². The number of carbonyl (C=O) groups is 1. The van der Waals surface area contributed by atoms with E-state index in [1.807, 2.05) is 4.90 Å². The average molecular weight is 421 g/mol. The Morgan fingerprint density at radius 1 is 0.968 bits per heavy atom. The lowest BCUT2D eigenvalue weighted by molar-refractivity contribution is -0.131. The van der Waals surface area contributed by atoms with Crippen molar-refractivity contribution in [2.75, 3.05) is 31.1 Å². The maximum atomic E-state index is 12.7. The number of aryl methyl sites for hydroxylation is 1. The summed E-state index contributed by atoms with van der Waals surface area (Å²) in [4.78, 5) is 44.5. The smallest absolute Gasteiger partial charge is 0.328 e. The molecule has 2 aromatic carbocycles. The van der Waals surface area contributed by atoms with Gasteiger partial charge in [-0.2, -0.15) is 0 Å². The molecule has 0 spiro atoms. The molecule has 1 saturated heterocycles. The molecule has 162 valence electrons. The van der Waals surface area contributed by atoms with Crippen LogP contribution in [0.15, 0.2) is 52.1 Å². The summed E-state index contributed by atoms with van der Waals surface area (Å²) in [5.74, 6) is 0.0749. The first-order valence-electron chi connectivity index (χ1n) is 10.8. The number of para-hydroxylation sites is 1. The zero-order valence-electron chi connectivity index (χ0n) is 18.1. The molecular weight excluding hydrogens is 392 g/mol. The maximum absolute atomic E-state index is 12.7. The molecule has 1 N–H and O–H groups in total. The summed E-state index contributed by atoms with van der Waals surface area (Å²) in [5, 5.41) is 0.482. The van der Waals surface area contributed by atoms with E-state index < -0.39 is 5.69 Å². The van der Waals surface area contributed by atoms with E-state index in [2.05, 4.69) is 41.9 Å². The summed E-state index contributed by atoms with van der Waals surface area (Å²) in [7, 11) is 0. The first-order valence-corrected chi connectivity index (χ1v) is 10.8. The largest absolute Gasteiger partial charge is 0.368 e. The van der Waals surface area contributed by atoms with Crippen LogP contribution < -0.4 is 16.1 Å². The number of amides is 1. The topological polar surface area (TPSA) is 78.4 Å². The monoisotopic (exact) mass is 420 g/mol. The molecule has 4 rings (SSSR count). The molecule has 0 bridgehead atoms. The summed E-state index contributed by atoms with van der Waals surface area (Å²) in [6, 6.07) is 13.3. The standard InChI is InChI=1S/C24H28N4O3/c1-17-7-5-10-21(18(17)2)26-13-15-27(16-14-26)22(29)11-6-12-28-23(30)19-8-3-4-9-20(19)25-24(28)31/h3-5,7-10H,6,11-16H2,1-2H3,(H,25,31). The first kappa shape index (κ1) is 20.9. The molecule has 0 aliphatic carbocycles. The van der Waals surface area contributed by atoms with Gasteiger partial charge in [0.15, 0.2) is 0 Å². The number of carbonyl (C=O) groups excluding carboxylic acids is 1. The van der Waals surface area contributed by atoms with Gasteiger partial charge in [0.05, 0.1) is 10.9 Å². The van der Waals surface area contributed by atoms with Crippen LogP contribution in [0.2, 0.25) is 0 Å². The molecule has 0 atom stereocenters. The van der Waals surface area contributed by atoms with Crippen molar-refractivity contribution in [3.05, 3.63) is 74.4 Å². The summed E-state index contributed by atoms with van der Waals surface area (Å²) in [6.45, 7) is 7.46. The lowest BCUT2D eigenvalue weighted by Gasteiger charge is -2.37. The Morgan fingerprint density at radius 3 is 2.48 bits per heavy atom. The number of aromatic nitrogens is 2. The minimum Gasteiger partial charge on any atom is -0.368 e. The summed E-state index contributed by atoms with van der Waals surface area (Å²) < 4.78 is 1.19. The third-order valence-corrected chi connectivity index (χ3v) is 6.21. The van der Waals surface area contributed by atoms with Gasteiger partial charge in [0.1, 0.15) is 0 Å². The quantitative estimate of drug-likeness (QED) is 0.688. The van der Waals surface area contributed by atoms with Crippen LogP contribution in [0, 0.1) is 13.8 Å². The molecule has 0 saturated carbocycles. The number of nitrogens with one attached hydrogen (secondary N) is 1. The third kappa shape index (κ3) is 4.26. The normalized spacial score (nSPS) is 14.3. The zero-order valence-corrected chi connectivity index (χ0v) is 18.1. The Hall–Kier alpha value is -3.35. The minimum absolute atomic E-state index is 0.0749. The van der Waals surface area contributed by atoms with E-state index in [1.54, 1.807) is 24.3 Å². The molecule has 0 unspecified atom stereocenters. The van der Waals surface area contributed by atoms with Crippen LogP contribution in [-0.2, 0) is 11.3 Å². The Balaban J connectivity index is 1.33. The Labute approximate surface area is 180 Å². The molecule has 31 heavy (non-hydrogen) atoms. The predicted octanol–water partition coefficient (Wildman–Crippen LogP) is 2.44. The summed E-state index contributed by atoms with van der Waals surface area (Å²) in [6.07, 6.45) is 0.777. The van der Waals surface area contributed by atoms with E-state index in [0.717, 1.165) is 13.1 Å².